The molecule has 0 aromatic heterocycles. The minimum Gasteiger partial charge on any atom is -0.504 e. The number of carboxylic acid groups (broad SMARTS) is 2. The van der Waals surface area contributed by atoms with Gasteiger partial charge < -0.3 is 36.4 Å². The van der Waals surface area contributed by atoms with Crippen LogP contribution < -0.4 is 21.1 Å². The Morgan fingerprint density at radius 1 is 0.913 bits per heavy atom. The maximum atomic E-state index is 13.4. The summed E-state index contributed by atoms with van der Waals surface area (Å²) in [6.07, 6.45) is 3.72. The third-order valence-corrected chi connectivity index (χ3v) is 8.68. The van der Waals surface area contributed by atoms with Gasteiger partial charge in [0.2, 0.25) is 11.8 Å². The highest BCUT2D eigenvalue weighted by atomic mass is 32.2. The molecule has 0 saturated carbocycles. The third-order valence-electron chi connectivity index (χ3n) is 7.28. The van der Waals surface area contributed by atoms with Crippen LogP contribution in [0.25, 0.3) is 0 Å². The van der Waals surface area contributed by atoms with Crippen molar-refractivity contribution in [3.8, 4) is 11.5 Å². The zero-order chi connectivity index (χ0) is 34.1. The predicted molar refractivity (Wildman–Crippen MR) is 175 cm³/mol. The van der Waals surface area contributed by atoms with Gasteiger partial charge >= 0.3 is 11.9 Å². The number of carbonyl (C=O) groups is 5. The van der Waals surface area contributed by atoms with Crippen molar-refractivity contribution in [1.29, 1.82) is 0 Å². The summed E-state index contributed by atoms with van der Waals surface area (Å²) in [5, 5.41) is 33.5. The third kappa shape index (κ3) is 13.9. The van der Waals surface area contributed by atoms with Crippen LogP contribution in [0.4, 0.5) is 0 Å². The molecule has 0 saturated heterocycles. The number of ketones is 1. The average Bonchev–Trinajstić information content (AvgIpc) is 3.02. The van der Waals surface area contributed by atoms with Crippen LogP contribution in [0.2, 0.25) is 0 Å². The van der Waals surface area contributed by atoms with Gasteiger partial charge in [-0.2, -0.15) is 11.8 Å². The van der Waals surface area contributed by atoms with Crippen LogP contribution in [0.1, 0.15) is 63.0 Å². The van der Waals surface area contributed by atoms with Crippen molar-refractivity contribution >= 4 is 41.3 Å². The van der Waals surface area contributed by atoms with Crippen molar-refractivity contribution in [3.05, 3.63) is 59.7 Å². The Morgan fingerprint density at radius 2 is 1.61 bits per heavy atom. The molecule has 0 aliphatic carbocycles. The van der Waals surface area contributed by atoms with Crippen LogP contribution in [0, 0.1) is 0 Å². The molecule has 0 aliphatic heterocycles. The minimum atomic E-state index is -1.42. The predicted octanol–water partition coefficient (Wildman–Crippen LogP) is 3.07. The topological polar surface area (TPSA) is 205 Å². The fraction of sp³-hybridized carbons (Fsp3) is 0.485. The molecular weight excluding hydrogens is 614 g/mol. The Labute approximate surface area is 273 Å². The average molecular weight is 660 g/mol. The van der Waals surface area contributed by atoms with Gasteiger partial charge in [0.1, 0.15) is 17.9 Å². The van der Waals surface area contributed by atoms with Crippen molar-refractivity contribution < 1.29 is 44.0 Å². The molecule has 0 heterocycles. The largest absolute Gasteiger partial charge is 0.504 e. The van der Waals surface area contributed by atoms with Crippen molar-refractivity contribution in [2.75, 3.05) is 12.9 Å². The number of hydrogen-bond donors (Lipinski definition) is 6. The van der Waals surface area contributed by atoms with E-state index in [9.17, 15) is 34.2 Å². The molecule has 2 aromatic rings. The van der Waals surface area contributed by atoms with E-state index in [2.05, 4.69) is 17.6 Å². The lowest BCUT2D eigenvalue weighted by atomic mass is 10.0. The van der Waals surface area contributed by atoms with Gasteiger partial charge in [0.25, 0.3) is 0 Å². The lowest BCUT2D eigenvalue weighted by molar-refractivity contribution is -0.142. The molecule has 2 amide bonds. The first-order valence-electron chi connectivity index (χ1n) is 15.3. The normalized spacial score (nSPS) is 13.5. The summed E-state index contributed by atoms with van der Waals surface area (Å²) in [5.74, 6) is -3.82. The van der Waals surface area contributed by atoms with Gasteiger partial charge in [0.05, 0.1) is 19.6 Å². The van der Waals surface area contributed by atoms with Crippen LogP contribution in [-0.4, -0.2) is 81.1 Å². The van der Waals surface area contributed by atoms with Crippen molar-refractivity contribution in [1.82, 2.24) is 10.6 Å². The van der Waals surface area contributed by atoms with Gasteiger partial charge in [-0.25, -0.2) is 4.79 Å². The molecular formula is C33H45N3O9S. The Bertz CT molecular complexity index is 1310. The number of aryl methyl sites for hydroxylation is 1. The second-order valence-corrected chi connectivity index (χ2v) is 12.4. The molecule has 2 aromatic carbocycles. The number of carbonyl (C=O) groups excluding carboxylic acids is 3. The fourth-order valence-electron chi connectivity index (χ4n) is 4.68. The van der Waals surface area contributed by atoms with E-state index in [1.165, 1.54) is 24.9 Å². The smallest absolute Gasteiger partial charge is 0.326 e. The van der Waals surface area contributed by atoms with Gasteiger partial charge in [0.15, 0.2) is 11.5 Å². The lowest BCUT2D eigenvalue weighted by Crippen LogP contribution is -2.56. The molecule has 0 aliphatic rings. The number of aromatic hydroxyl groups is 1. The van der Waals surface area contributed by atoms with Crippen LogP contribution >= 0.6 is 11.8 Å². The maximum absolute atomic E-state index is 13.4. The standard InChI is InChI=1S/C33H45N3O9S/c1-3-4-6-11-24(18-23(37)14-12-22-13-15-28(38)29(17-22)45-2)46-20-27(36-31(41)25(34)19-30(39)40)32(42)35-26(33(43)44)16-21-9-7-5-8-10-21/h5,7-10,13,15,17,24-27,38H,3-4,6,11-12,14,16,18-20,34H2,1-2H3,(H,35,42)(H,36,41)(H,39,40)(H,43,44). The number of unbranched alkanes of at least 4 members (excludes halogenated alkanes) is 2. The number of thioether (sulfide) groups is 1. The summed E-state index contributed by atoms with van der Waals surface area (Å²) in [7, 11) is 1.45. The van der Waals surface area contributed by atoms with E-state index in [-0.39, 0.29) is 41.8 Å². The first-order valence-corrected chi connectivity index (χ1v) is 16.3. The summed E-state index contributed by atoms with van der Waals surface area (Å²) < 4.78 is 5.14. The molecule has 0 bridgehead atoms. The summed E-state index contributed by atoms with van der Waals surface area (Å²) in [6.45, 7) is 2.06. The van der Waals surface area contributed by atoms with Crippen LogP contribution in [0.3, 0.4) is 0 Å². The van der Waals surface area contributed by atoms with Gasteiger partial charge in [0, 0.05) is 30.3 Å². The number of phenols is 1. The minimum absolute atomic E-state index is 0.00311. The summed E-state index contributed by atoms with van der Waals surface area (Å²) in [5.41, 5.74) is 7.26. The van der Waals surface area contributed by atoms with E-state index >= 15 is 0 Å². The SMILES string of the molecule is CCCCCC(CC(=O)CCc1ccc(O)c(OC)c1)SCC(NC(=O)C(N)CC(=O)O)C(=O)NC(Cc1ccccc1)C(=O)O. The highest BCUT2D eigenvalue weighted by Crippen LogP contribution is 2.28. The highest BCUT2D eigenvalue weighted by Gasteiger charge is 2.30. The number of carboxylic acids is 2. The zero-order valence-electron chi connectivity index (χ0n) is 26.3. The zero-order valence-corrected chi connectivity index (χ0v) is 27.1. The molecule has 0 spiro atoms. The quantitative estimate of drug-likeness (QED) is 0.101. The van der Waals surface area contributed by atoms with E-state index in [0.717, 1.165) is 24.8 Å². The number of amides is 2. The highest BCUT2D eigenvalue weighted by molar-refractivity contribution is 8.00. The lowest BCUT2D eigenvalue weighted by Gasteiger charge is -2.24. The number of methoxy groups -OCH3 is 1. The molecule has 2 rings (SSSR count). The Morgan fingerprint density at radius 3 is 2.24 bits per heavy atom. The number of hydrogen-bond acceptors (Lipinski definition) is 9. The van der Waals surface area contributed by atoms with Gasteiger partial charge in [-0.05, 0) is 36.1 Å². The Hall–Kier alpha value is -4.10. The number of rotatable bonds is 22. The number of aliphatic carboxylic acids is 2. The van der Waals surface area contributed by atoms with E-state index in [4.69, 9.17) is 15.6 Å². The summed E-state index contributed by atoms with van der Waals surface area (Å²) in [4.78, 5) is 62.3. The molecule has 46 heavy (non-hydrogen) atoms. The second-order valence-electron chi connectivity index (χ2n) is 11.1. The van der Waals surface area contributed by atoms with Crippen LogP contribution in [0.5, 0.6) is 11.5 Å². The van der Waals surface area contributed by atoms with Gasteiger partial charge in [-0.15, -0.1) is 0 Å². The van der Waals surface area contributed by atoms with Crippen LogP contribution in [0.15, 0.2) is 48.5 Å². The Kier molecular flexibility index (Phi) is 16.7. The molecule has 4 atom stereocenters. The maximum Gasteiger partial charge on any atom is 0.326 e. The molecule has 252 valence electrons. The van der Waals surface area contributed by atoms with Gasteiger partial charge in [-0.1, -0.05) is 62.6 Å². The van der Waals surface area contributed by atoms with Crippen molar-refractivity contribution in [2.24, 2.45) is 5.73 Å². The molecule has 0 radical (unpaired) electrons. The molecule has 7 N–H and O–H groups in total. The van der Waals surface area contributed by atoms with Crippen LogP contribution in [-0.2, 0) is 36.8 Å². The number of benzene rings is 2. The van der Waals surface area contributed by atoms with Crippen molar-refractivity contribution in [2.45, 2.75) is 88.1 Å². The number of phenolic OH excluding ortho intramolecular Hbond substituents is 1. The van der Waals surface area contributed by atoms with E-state index < -0.39 is 48.3 Å². The number of ether oxygens (including phenoxy) is 1. The summed E-state index contributed by atoms with van der Waals surface area (Å²) >= 11 is 1.32. The van der Waals surface area contributed by atoms with Gasteiger partial charge in [-0.3, -0.25) is 19.2 Å². The second kappa shape index (κ2) is 20.1. The van der Waals surface area contributed by atoms with E-state index in [1.54, 1.807) is 42.5 Å². The molecule has 4 unspecified atom stereocenters. The van der Waals surface area contributed by atoms with E-state index in [0.29, 0.717) is 24.2 Å². The van der Waals surface area contributed by atoms with Crippen molar-refractivity contribution in [3.63, 3.8) is 0 Å². The number of Topliss-reactive ketones (excluding diaryl/α,β-unsaturated/α-hetero) is 1. The first-order chi connectivity index (χ1) is 21.9. The first kappa shape index (κ1) is 38.1. The monoisotopic (exact) mass is 659 g/mol. The number of nitrogens with one attached hydrogen (secondary N) is 2. The molecule has 13 heteroatoms. The summed E-state index contributed by atoms with van der Waals surface area (Å²) in [6, 6.07) is 9.74. The van der Waals surface area contributed by atoms with E-state index in [1.807, 2.05) is 0 Å². The fourth-order valence-corrected chi connectivity index (χ4v) is 6.02. The number of nitrogens with two attached hydrogens (primary N) is 1. The molecule has 12 nitrogen and oxygen atoms in total. The molecule has 0 fully saturated rings. The Balaban J connectivity index is 2.16.